The van der Waals surface area contributed by atoms with Crippen molar-refractivity contribution in [2.75, 3.05) is 5.23 Å². The van der Waals surface area contributed by atoms with Crippen molar-refractivity contribution in [1.82, 2.24) is 4.98 Å². The highest BCUT2D eigenvalue weighted by molar-refractivity contribution is 7.87. The molecule has 1 saturated carbocycles. The number of hydrogen-bond acceptors (Lipinski definition) is 8. The lowest BCUT2D eigenvalue weighted by atomic mass is 9.81. The first-order chi connectivity index (χ1) is 13.5. The second-order valence-electron chi connectivity index (χ2n) is 6.33. The minimum atomic E-state index is -6.02. The van der Waals surface area contributed by atoms with Crippen LogP contribution in [0.4, 0.5) is 18.9 Å². The standard InChI is InChI=1S/C17H14F3N3O5S/c18-17(19,20)29(26,27)28-16-14(9-21)13(8-15(22-16)11-2-1-3-11)10-4-6-12(7-5-10)23(24)25/h4-8,11,24-25H,1-3H2. The Bertz CT molecular complexity index is 1060. The molecule has 0 spiro atoms. The molecular formula is C17H14F3N3O5S. The molecule has 0 saturated heterocycles. The zero-order valence-corrected chi connectivity index (χ0v) is 15.4. The Balaban J connectivity index is 2.16. The number of pyridine rings is 1. The lowest BCUT2D eigenvalue weighted by Crippen LogP contribution is -2.29. The van der Waals surface area contributed by atoms with E-state index in [0.717, 1.165) is 6.42 Å². The van der Waals surface area contributed by atoms with Crippen molar-refractivity contribution < 1.29 is 36.2 Å². The van der Waals surface area contributed by atoms with Gasteiger partial charge in [0, 0.05) is 17.2 Å². The van der Waals surface area contributed by atoms with E-state index in [1.807, 2.05) is 0 Å². The van der Waals surface area contributed by atoms with Crippen molar-refractivity contribution >= 4 is 15.8 Å². The Morgan fingerprint density at radius 3 is 2.28 bits per heavy atom. The highest BCUT2D eigenvalue weighted by atomic mass is 32.2. The largest absolute Gasteiger partial charge is 0.534 e. The number of benzene rings is 1. The average molecular weight is 429 g/mol. The molecule has 8 nitrogen and oxygen atoms in total. The molecule has 154 valence electrons. The smallest absolute Gasteiger partial charge is 0.354 e. The molecule has 12 heteroatoms. The molecular weight excluding hydrogens is 415 g/mol. The molecule has 0 atom stereocenters. The van der Waals surface area contributed by atoms with Crippen LogP contribution in [0.3, 0.4) is 0 Å². The van der Waals surface area contributed by atoms with Gasteiger partial charge < -0.3 is 4.18 Å². The van der Waals surface area contributed by atoms with Gasteiger partial charge in [-0.15, -0.1) is 5.23 Å². The zero-order chi connectivity index (χ0) is 21.4. The van der Waals surface area contributed by atoms with Crippen LogP contribution < -0.4 is 9.41 Å². The van der Waals surface area contributed by atoms with Crippen LogP contribution in [0.2, 0.25) is 0 Å². The second kappa shape index (κ2) is 7.51. The second-order valence-corrected chi connectivity index (χ2v) is 7.87. The maximum absolute atomic E-state index is 12.8. The summed E-state index contributed by atoms with van der Waals surface area (Å²) in [5.41, 5.74) is -5.42. The van der Waals surface area contributed by atoms with Gasteiger partial charge in [-0.25, -0.2) is 4.98 Å². The molecule has 3 rings (SSSR count). The minimum Gasteiger partial charge on any atom is -0.354 e. The van der Waals surface area contributed by atoms with Crippen LogP contribution >= 0.6 is 0 Å². The predicted octanol–water partition coefficient (Wildman–Crippen LogP) is 3.70. The topological polar surface area (TPSA) is 124 Å². The fourth-order valence-corrected chi connectivity index (χ4v) is 3.20. The molecule has 1 heterocycles. The summed E-state index contributed by atoms with van der Waals surface area (Å²) in [6, 6.07) is 8.49. The fraction of sp³-hybridized carbons (Fsp3) is 0.294. The number of rotatable bonds is 5. The third-order valence-corrected chi connectivity index (χ3v) is 5.47. The molecule has 2 aromatic rings. The molecule has 0 bridgehead atoms. The quantitative estimate of drug-likeness (QED) is 0.419. The van der Waals surface area contributed by atoms with E-state index in [0.29, 0.717) is 24.1 Å². The number of hydrogen-bond donors (Lipinski definition) is 2. The Labute approximate surface area is 163 Å². The van der Waals surface area contributed by atoms with Crippen LogP contribution in [-0.2, 0) is 10.1 Å². The van der Waals surface area contributed by atoms with E-state index in [4.69, 9.17) is 10.4 Å². The number of nitrogens with zero attached hydrogens (tertiary/aromatic N) is 3. The van der Waals surface area contributed by atoms with E-state index < -0.39 is 27.1 Å². The monoisotopic (exact) mass is 429 g/mol. The molecule has 0 aliphatic heterocycles. The normalized spacial score (nSPS) is 14.8. The van der Waals surface area contributed by atoms with Gasteiger partial charge >= 0.3 is 15.6 Å². The van der Waals surface area contributed by atoms with Crippen LogP contribution in [0.1, 0.15) is 36.4 Å². The van der Waals surface area contributed by atoms with Gasteiger partial charge in [-0.1, -0.05) is 18.6 Å². The number of alkyl halides is 3. The van der Waals surface area contributed by atoms with Gasteiger partial charge in [-0.3, -0.25) is 10.4 Å². The van der Waals surface area contributed by atoms with E-state index in [1.165, 1.54) is 30.3 Å². The van der Waals surface area contributed by atoms with Gasteiger partial charge in [-0.2, -0.15) is 26.9 Å². The molecule has 0 unspecified atom stereocenters. The van der Waals surface area contributed by atoms with Crippen LogP contribution in [0, 0.1) is 11.3 Å². The van der Waals surface area contributed by atoms with Crippen molar-refractivity contribution in [3.63, 3.8) is 0 Å². The first-order valence-electron chi connectivity index (χ1n) is 8.27. The van der Waals surface area contributed by atoms with Gasteiger partial charge in [0.05, 0.1) is 5.69 Å². The SMILES string of the molecule is N#Cc1c(-c2ccc(N(O)O)cc2)cc(C2CCC2)nc1OS(=O)(=O)C(F)(F)F. The Kier molecular flexibility index (Phi) is 5.40. The van der Waals surface area contributed by atoms with Gasteiger partial charge in [0.1, 0.15) is 11.6 Å². The highest BCUT2D eigenvalue weighted by Crippen LogP contribution is 2.40. The van der Waals surface area contributed by atoms with E-state index in [2.05, 4.69) is 9.17 Å². The summed E-state index contributed by atoms with van der Waals surface area (Å²) in [5, 5.41) is 27.4. The molecule has 0 amide bonds. The average Bonchev–Trinajstić information content (AvgIpc) is 2.58. The fourth-order valence-electron chi connectivity index (χ4n) is 2.78. The van der Waals surface area contributed by atoms with Gasteiger partial charge in [0.15, 0.2) is 0 Å². The summed E-state index contributed by atoms with van der Waals surface area (Å²) < 4.78 is 65.4. The first kappa shape index (κ1) is 20.8. The van der Waals surface area contributed by atoms with Crippen LogP contribution in [-0.4, -0.2) is 29.3 Å². The van der Waals surface area contributed by atoms with Gasteiger partial charge in [0.25, 0.3) is 5.88 Å². The molecule has 29 heavy (non-hydrogen) atoms. The minimum absolute atomic E-state index is 0.00310. The summed E-state index contributed by atoms with van der Waals surface area (Å²) in [4.78, 5) is 3.88. The lowest BCUT2D eigenvalue weighted by Gasteiger charge is -2.26. The molecule has 1 aromatic carbocycles. The Morgan fingerprint density at radius 2 is 1.83 bits per heavy atom. The molecule has 1 aromatic heterocycles. The van der Waals surface area contributed by atoms with Crippen molar-refractivity contribution in [2.45, 2.75) is 30.7 Å². The van der Waals surface area contributed by atoms with Crippen molar-refractivity contribution in [1.29, 1.82) is 5.26 Å². The maximum atomic E-state index is 12.8. The van der Waals surface area contributed by atoms with Gasteiger partial charge in [0.2, 0.25) is 0 Å². The third kappa shape index (κ3) is 4.12. The Hall–Kier alpha value is -2.88. The van der Waals surface area contributed by atoms with E-state index in [-0.39, 0.29) is 22.4 Å². The highest BCUT2D eigenvalue weighted by Gasteiger charge is 2.49. The van der Waals surface area contributed by atoms with E-state index in [9.17, 15) is 26.9 Å². The predicted molar refractivity (Wildman–Crippen MR) is 92.6 cm³/mol. The van der Waals surface area contributed by atoms with Crippen molar-refractivity contribution in [3.05, 3.63) is 41.6 Å². The summed E-state index contributed by atoms with van der Waals surface area (Å²) in [6.45, 7) is 0. The number of nitriles is 1. The molecule has 1 fully saturated rings. The molecule has 2 N–H and O–H groups in total. The summed E-state index contributed by atoms with van der Waals surface area (Å²) in [5.74, 6) is -1.04. The van der Waals surface area contributed by atoms with Gasteiger partial charge in [-0.05, 0) is 36.6 Å². The number of halogens is 3. The molecule has 0 radical (unpaired) electrons. The number of aromatic nitrogens is 1. The van der Waals surface area contributed by atoms with E-state index in [1.54, 1.807) is 6.07 Å². The maximum Gasteiger partial charge on any atom is 0.534 e. The third-order valence-electron chi connectivity index (χ3n) is 4.52. The Morgan fingerprint density at radius 1 is 1.21 bits per heavy atom. The first-order valence-corrected chi connectivity index (χ1v) is 9.68. The summed E-state index contributed by atoms with van der Waals surface area (Å²) >= 11 is 0. The number of anilines is 1. The van der Waals surface area contributed by atoms with Crippen LogP contribution in [0.15, 0.2) is 30.3 Å². The van der Waals surface area contributed by atoms with Crippen molar-refractivity contribution in [3.8, 4) is 23.1 Å². The lowest BCUT2D eigenvalue weighted by molar-refractivity contribution is -0.0501. The summed E-state index contributed by atoms with van der Waals surface area (Å²) in [7, 11) is -6.02. The van der Waals surface area contributed by atoms with Crippen molar-refractivity contribution in [2.24, 2.45) is 0 Å². The van der Waals surface area contributed by atoms with Crippen LogP contribution in [0.25, 0.3) is 11.1 Å². The zero-order valence-electron chi connectivity index (χ0n) is 14.6. The molecule has 1 aliphatic rings. The molecule has 1 aliphatic carbocycles. The van der Waals surface area contributed by atoms with E-state index >= 15 is 0 Å². The summed E-state index contributed by atoms with van der Waals surface area (Å²) in [6.07, 6.45) is 2.32. The van der Waals surface area contributed by atoms with Crippen LogP contribution in [0.5, 0.6) is 5.88 Å².